The second-order valence-corrected chi connectivity index (χ2v) is 4.88. The molecule has 0 saturated carbocycles. The van der Waals surface area contributed by atoms with Crippen molar-refractivity contribution in [3.05, 3.63) is 34.1 Å². The molecule has 0 amide bonds. The van der Waals surface area contributed by atoms with Gasteiger partial charge in [-0.05, 0) is 26.0 Å². The average Bonchev–Trinajstić information content (AvgIpc) is 2.26. The number of hydrogen-bond acceptors (Lipinski definition) is 3. The highest BCUT2D eigenvalue weighted by atomic mass is 79.9. The molecule has 3 atom stereocenters. The van der Waals surface area contributed by atoms with Crippen LogP contribution in [0, 0.1) is 5.82 Å². The van der Waals surface area contributed by atoms with Gasteiger partial charge in [-0.2, -0.15) is 0 Å². The number of aliphatic hydroxyl groups is 1. The maximum absolute atomic E-state index is 13.7. The molecule has 0 bridgehead atoms. The molecular weight excluding hydrogens is 307 g/mol. The molecule has 6 heteroatoms. The van der Waals surface area contributed by atoms with Crippen LogP contribution in [0.1, 0.15) is 25.5 Å². The van der Waals surface area contributed by atoms with E-state index in [1.807, 2.05) is 0 Å². The van der Waals surface area contributed by atoms with E-state index in [1.165, 1.54) is 32.0 Å². The lowest BCUT2D eigenvalue weighted by atomic mass is 10.1. The van der Waals surface area contributed by atoms with Gasteiger partial charge in [-0.25, -0.2) is 9.18 Å². The number of aliphatic hydroxyl groups excluding tert-OH is 1. The molecule has 4 nitrogen and oxygen atoms in total. The summed E-state index contributed by atoms with van der Waals surface area (Å²) in [6.07, 6.45) is -3.00. The van der Waals surface area contributed by atoms with Crippen molar-refractivity contribution in [2.45, 2.75) is 32.2 Å². The highest BCUT2D eigenvalue weighted by molar-refractivity contribution is 9.10. The molecular formula is C12H14BrFO4. The summed E-state index contributed by atoms with van der Waals surface area (Å²) in [5, 5.41) is 18.4. The number of hydrogen-bond donors (Lipinski definition) is 2. The number of halogens is 2. The molecule has 1 aromatic carbocycles. The monoisotopic (exact) mass is 320 g/mol. The Kier molecular flexibility index (Phi) is 5.25. The number of benzene rings is 1. The highest BCUT2D eigenvalue weighted by Crippen LogP contribution is 2.25. The van der Waals surface area contributed by atoms with E-state index in [0.717, 1.165) is 0 Å². The van der Waals surface area contributed by atoms with E-state index in [9.17, 15) is 14.3 Å². The summed E-state index contributed by atoms with van der Waals surface area (Å²) in [5.41, 5.74) is -0.0711. The van der Waals surface area contributed by atoms with Gasteiger partial charge < -0.3 is 14.9 Å². The summed E-state index contributed by atoms with van der Waals surface area (Å²) in [6.45, 7) is 3.00. The van der Waals surface area contributed by atoms with Gasteiger partial charge in [0.1, 0.15) is 5.82 Å². The molecule has 0 heterocycles. The molecule has 0 spiro atoms. The number of ether oxygens (including phenoxy) is 1. The summed E-state index contributed by atoms with van der Waals surface area (Å²) in [5.74, 6) is -1.97. The lowest BCUT2D eigenvalue weighted by molar-refractivity contribution is -0.158. The molecule has 18 heavy (non-hydrogen) atoms. The summed E-state index contributed by atoms with van der Waals surface area (Å²) in [7, 11) is 0. The first kappa shape index (κ1) is 15.1. The van der Waals surface area contributed by atoms with Crippen molar-refractivity contribution in [1.29, 1.82) is 0 Å². The van der Waals surface area contributed by atoms with Gasteiger partial charge in [-0.15, -0.1) is 0 Å². The van der Waals surface area contributed by atoms with Crippen LogP contribution in [0.25, 0.3) is 0 Å². The van der Waals surface area contributed by atoms with Gasteiger partial charge in [0.15, 0.2) is 6.10 Å². The van der Waals surface area contributed by atoms with Crippen molar-refractivity contribution < 1.29 is 24.1 Å². The standard InChI is InChI=1S/C12H14BrFO4/c1-6(15)7(2)18-11(12(16)17)9-4-3-8(13)5-10(9)14/h3-7,11,15H,1-2H3,(H,16,17). The quantitative estimate of drug-likeness (QED) is 0.874. The summed E-state index contributed by atoms with van der Waals surface area (Å²) < 4.78 is 19.4. The van der Waals surface area contributed by atoms with Gasteiger partial charge in [0, 0.05) is 10.0 Å². The Morgan fingerprint density at radius 2 is 2.06 bits per heavy atom. The lowest BCUT2D eigenvalue weighted by Crippen LogP contribution is -2.28. The number of carboxylic acid groups (broad SMARTS) is 1. The Bertz CT molecular complexity index is 436. The van der Waals surface area contributed by atoms with Gasteiger partial charge in [-0.3, -0.25) is 0 Å². The molecule has 2 N–H and O–H groups in total. The molecule has 1 rings (SSSR count). The zero-order chi connectivity index (χ0) is 13.9. The summed E-state index contributed by atoms with van der Waals surface area (Å²) >= 11 is 3.09. The van der Waals surface area contributed by atoms with Crippen LogP contribution in [0.3, 0.4) is 0 Å². The number of rotatable bonds is 5. The van der Waals surface area contributed by atoms with E-state index in [0.29, 0.717) is 4.47 Å². The van der Waals surface area contributed by atoms with Gasteiger partial charge in [0.25, 0.3) is 0 Å². The van der Waals surface area contributed by atoms with Crippen molar-refractivity contribution in [3.8, 4) is 0 Å². The molecule has 0 aliphatic rings. The summed E-state index contributed by atoms with van der Waals surface area (Å²) in [6, 6.07) is 4.04. The first-order valence-electron chi connectivity index (χ1n) is 5.34. The van der Waals surface area contributed by atoms with Crippen LogP contribution in [0.2, 0.25) is 0 Å². The van der Waals surface area contributed by atoms with Gasteiger partial charge in [0.2, 0.25) is 0 Å². The predicted molar refractivity (Wildman–Crippen MR) is 66.7 cm³/mol. The minimum Gasteiger partial charge on any atom is -0.479 e. The fraction of sp³-hybridized carbons (Fsp3) is 0.417. The number of carbonyl (C=O) groups is 1. The maximum atomic E-state index is 13.7. The van der Waals surface area contributed by atoms with Crippen LogP contribution >= 0.6 is 15.9 Å². The van der Waals surface area contributed by atoms with Crippen LogP contribution in [0.5, 0.6) is 0 Å². The Morgan fingerprint density at radius 3 is 2.50 bits per heavy atom. The van der Waals surface area contributed by atoms with Crippen molar-refractivity contribution in [1.82, 2.24) is 0 Å². The zero-order valence-corrected chi connectivity index (χ0v) is 11.5. The molecule has 3 unspecified atom stereocenters. The molecule has 0 aromatic heterocycles. The fourth-order valence-corrected chi connectivity index (χ4v) is 1.64. The molecule has 100 valence electrons. The number of aliphatic carboxylic acids is 1. The first-order chi connectivity index (χ1) is 8.32. The molecule has 0 aliphatic heterocycles. The van der Waals surface area contributed by atoms with Crippen LogP contribution in [0.15, 0.2) is 22.7 Å². The van der Waals surface area contributed by atoms with E-state index in [-0.39, 0.29) is 5.56 Å². The Labute approximate surface area is 113 Å². The second kappa shape index (κ2) is 6.26. The Morgan fingerprint density at radius 1 is 1.44 bits per heavy atom. The molecule has 0 saturated heterocycles. The topological polar surface area (TPSA) is 66.8 Å². The van der Waals surface area contributed by atoms with Crippen molar-refractivity contribution in [2.24, 2.45) is 0 Å². The maximum Gasteiger partial charge on any atom is 0.337 e. The second-order valence-electron chi connectivity index (χ2n) is 3.97. The minimum atomic E-state index is -1.44. The third-order valence-corrected chi connectivity index (χ3v) is 2.99. The Hall–Kier alpha value is -0.980. The highest BCUT2D eigenvalue weighted by Gasteiger charge is 2.27. The normalized spacial score (nSPS) is 16.1. The van der Waals surface area contributed by atoms with Crippen molar-refractivity contribution >= 4 is 21.9 Å². The third-order valence-electron chi connectivity index (χ3n) is 2.50. The van der Waals surface area contributed by atoms with Crippen LogP contribution in [-0.4, -0.2) is 28.4 Å². The molecule has 0 fully saturated rings. The first-order valence-corrected chi connectivity index (χ1v) is 6.13. The fourth-order valence-electron chi connectivity index (χ4n) is 1.31. The van der Waals surface area contributed by atoms with E-state index in [1.54, 1.807) is 0 Å². The zero-order valence-electron chi connectivity index (χ0n) is 9.93. The molecule has 0 aliphatic carbocycles. The van der Waals surface area contributed by atoms with Crippen molar-refractivity contribution in [2.75, 3.05) is 0 Å². The van der Waals surface area contributed by atoms with E-state index in [4.69, 9.17) is 9.84 Å². The average molecular weight is 321 g/mol. The smallest absolute Gasteiger partial charge is 0.337 e. The van der Waals surface area contributed by atoms with Gasteiger partial charge in [-0.1, -0.05) is 22.0 Å². The van der Waals surface area contributed by atoms with Crippen LogP contribution in [-0.2, 0) is 9.53 Å². The van der Waals surface area contributed by atoms with Gasteiger partial charge >= 0.3 is 5.97 Å². The van der Waals surface area contributed by atoms with Crippen LogP contribution < -0.4 is 0 Å². The number of carboxylic acids is 1. The Balaban J connectivity index is 3.01. The van der Waals surface area contributed by atoms with Crippen molar-refractivity contribution in [3.63, 3.8) is 0 Å². The summed E-state index contributed by atoms with van der Waals surface area (Å²) in [4.78, 5) is 11.1. The van der Waals surface area contributed by atoms with E-state index < -0.39 is 30.1 Å². The van der Waals surface area contributed by atoms with E-state index >= 15 is 0 Å². The molecule has 1 aromatic rings. The minimum absolute atomic E-state index is 0.0711. The van der Waals surface area contributed by atoms with Gasteiger partial charge in [0.05, 0.1) is 12.2 Å². The largest absolute Gasteiger partial charge is 0.479 e. The SMILES string of the molecule is CC(O)C(C)OC(C(=O)O)c1ccc(Br)cc1F. The van der Waals surface area contributed by atoms with Crippen LogP contribution in [0.4, 0.5) is 4.39 Å². The lowest BCUT2D eigenvalue weighted by Gasteiger charge is -2.21. The molecule has 0 radical (unpaired) electrons. The van der Waals surface area contributed by atoms with E-state index in [2.05, 4.69) is 15.9 Å². The predicted octanol–water partition coefficient (Wildman–Crippen LogP) is 2.50. The third kappa shape index (κ3) is 3.76.